The number of aryl methyl sites for hydroxylation is 2. The van der Waals surface area contributed by atoms with Gasteiger partial charge >= 0.3 is 0 Å². The number of aromatic nitrogens is 5. The van der Waals surface area contributed by atoms with Gasteiger partial charge in [-0.2, -0.15) is 0 Å². The second-order valence-electron chi connectivity index (χ2n) is 8.71. The third-order valence-electron chi connectivity index (χ3n) is 6.35. The van der Waals surface area contributed by atoms with E-state index in [1.54, 1.807) is 11.6 Å². The smallest absolute Gasteiger partial charge is 0.253 e. The number of hydrogen-bond acceptors (Lipinski definition) is 6. The Balaban J connectivity index is 1.73. The molecule has 5 heterocycles. The molecule has 1 fully saturated rings. The summed E-state index contributed by atoms with van der Waals surface area (Å²) in [5.74, 6) is 1.70. The molecule has 4 aromatic heterocycles. The molecule has 0 aromatic carbocycles. The summed E-state index contributed by atoms with van der Waals surface area (Å²) in [6, 6.07) is 10.1. The van der Waals surface area contributed by atoms with Crippen LogP contribution in [-0.4, -0.2) is 49.9 Å². The fraction of sp³-hybridized carbons (Fsp3) is 0.360. The van der Waals surface area contributed by atoms with Crippen molar-refractivity contribution in [1.82, 2.24) is 24.1 Å². The Morgan fingerprint density at radius 1 is 1.21 bits per heavy atom. The van der Waals surface area contributed by atoms with Gasteiger partial charge < -0.3 is 18.8 Å². The van der Waals surface area contributed by atoms with Crippen LogP contribution in [0.15, 0.2) is 53.7 Å². The van der Waals surface area contributed by atoms with Crippen LogP contribution in [0.5, 0.6) is 0 Å². The SMILES string of the molecule is Cc1cc(-c2nc3cnc(N4CCOCC4C)cc3n2C(C)c2ccccn2)cn(C)c1=O. The van der Waals surface area contributed by atoms with Crippen LogP contribution in [0.1, 0.15) is 31.1 Å². The predicted octanol–water partition coefficient (Wildman–Crippen LogP) is 3.33. The highest BCUT2D eigenvalue weighted by Crippen LogP contribution is 2.32. The van der Waals surface area contributed by atoms with Crippen LogP contribution in [0.4, 0.5) is 5.82 Å². The molecule has 0 saturated carbocycles. The number of ether oxygens (including phenoxy) is 1. The van der Waals surface area contributed by atoms with E-state index in [0.29, 0.717) is 18.8 Å². The minimum Gasteiger partial charge on any atom is -0.377 e. The number of hydrogen-bond donors (Lipinski definition) is 0. The number of rotatable bonds is 4. The normalized spacial score (nSPS) is 17.5. The van der Waals surface area contributed by atoms with E-state index in [9.17, 15) is 4.79 Å². The monoisotopic (exact) mass is 444 g/mol. The third kappa shape index (κ3) is 3.80. The van der Waals surface area contributed by atoms with Crippen molar-refractivity contribution in [2.45, 2.75) is 32.9 Å². The highest BCUT2D eigenvalue weighted by atomic mass is 16.5. The molecule has 0 bridgehead atoms. The number of fused-ring (bicyclic) bond motifs is 1. The zero-order valence-electron chi connectivity index (χ0n) is 19.4. The summed E-state index contributed by atoms with van der Waals surface area (Å²) in [6.07, 6.45) is 5.49. The molecule has 1 saturated heterocycles. The van der Waals surface area contributed by atoms with Crippen LogP contribution in [0, 0.1) is 6.92 Å². The summed E-state index contributed by atoms with van der Waals surface area (Å²) < 4.78 is 9.42. The van der Waals surface area contributed by atoms with E-state index in [0.717, 1.165) is 40.5 Å². The minimum absolute atomic E-state index is 0.00977. The van der Waals surface area contributed by atoms with Crippen LogP contribution in [0.25, 0.3) is 22.4 Å². The Bertz CT molecular complexity index is 1330. The van der Waals surface area contributed by atoms with Gasteiger partial charge in [-0.1, -0.05) is 6.07 Å². The maximum absolute atomic E-state index is 12.3. The average molecular weight is 445 g/mol. The Morgan fingerprint density at radius 3 is 2.79 bits per heavy atom. The lowest BCUT2D eigenvalue weighted by atomic mass is 10.1. The van der Waals surface area contributed by atoms with Crippen molar-refractivity contribution in [2.75, 3.05) is 24.7 Å². The summed E-state index contributed by atoms with van der Waals surface area (Å²) in [4.78, 5) is 28.9. The maximum Gasteiger partial charge on any atom is 0.253 e. The second-order valence-corrected chi connectivity index (χ2v) is 8.71. The van der Waals surface area contributed by atoms with Gasteiger partial charge in [-0.05, 0) is 39.0 Å². The molecule has 1 aliphatic heterocycles. The Morgan fingerprint density at radius 2 is 2.06 bits per heavy atom. The molecule has 2 unspecified atom stereocenters. The first-order chi connectivity index (χ1) is 15.9. The van der Waals surface area contributed by atoms with Gasteiger partial charge in [0.1, 0.15) is 17.2 Å². The number of pyridine rings is 3. The molecule has 0 N–H and O–H groups in total. The van der Waals surface area contributed by atoms with Crippen molar-refractivity contribution < 1.29 is 4.74 Å². The van der Waals surface area contributed by atoms with Crippen LogP contribution in [0.3, 0.4) is 0 Å². The summed E-state index contributed by atoms with van der Waals surface area (Å²) in [6.45, 7) is 8.29. The van der Waals surface area contributed by atoms with E-state index in [1.807, 2.05) is 49.8 Å². The Labute approximate surface area is 192 Å². The van der Waals surface area contributed by atoms with Gasteiger partial charge in [-0.3, -0.25) is 9.78 Å². The summed E-state index contributed by atoms with van der Waals surface area (Å²) >= 11 is 0. The molecule has 1 aliphatic rings. The van der Waals surface area contributed by atoms with Crippen molar-refractivity contribution in [3.05, 3.63) is 70.5 Å². The molecule has 8 nitrogen and oxygen atoms in total. The minimum atomic E-state index is -0.0684. The van der Waals surface area contributed by atoms with Crippen molar-refractivity contribution in [3.8, 4) is 11.4 Å². The van der Waals surface area contributed by atoms with Gasteiger partial charge in [0.25, 0.3) is 5.56 Å². The molecule has 0 aliphatic carbocycles. The third-order valence-corrected chi connectivity index (χ3v) is 6.35. The Kier molecular flexibility index (Phi) is 5.46. The van der Waals surface area contributed by atoms with Gasteiger partial charge in [0.15, 0.2) is 0 Å². The number of anilines is 1. The van der Waals surface area contributed by atoms with Crippen molar-refractivity contribution >= 4 is 16.9 Å². The van der Waals surface area contributed by atoms with E-state index in [1.165, 1.54) is 0 Å². The zero-order valence-corrected chi connectivity index (χ0v) is 19.4. The second kappa shape index (κ2) is 8.44. The molecule has 4 aromatic rings. The maximum atomic E-state index is 12.3. The lowest BCUT2D eigenvalue weighted by Gasteiger charge is -2.34. The highest BCUT2D eigenvalue weighted by Gasteiger charge is 2.24. The van der Waals surface area contributed by atoms with Crippen LogP contribution < -0.4 is 10.5 Å². The first-order valence-corrected chi connectivity index (χ1v) is 11.2. The topological polar surface area (TPSA) is 78.1 Å². The number of morpholine rings is 1. The standard InChI is InChI=1S/C25H28N6O2/c1-16-11-19(14-29(4)25(16)32)24-28-21-13-27-23(30-9-10-33-15-17(30)2)12-22(21)31(24)18(3)20-7-5-6-8-26-20/h5-8,11-14,17-18H,9-10,15H2,1-4H3. The Hall–Kier alpha value is -3.52. The van der Waals surface area contributed by atoms with Gasteiger partial charge in [0, 0.05) is 43.2 Å². The van der Waals surface area contributed by atoms with E-state index in [-0.39, 0.29) is 17.6 Å². The highest BCUT2D eigenvalue weighted by molar-refractivity contribution is 5.82. The average Bonchev–Trinajstić information content (AvgIpc) is 3.21. The molecule has 0 spiro atoms. The van der Waals surface area contributed by atoms with Gasteiger partial charge in [0.2, 0.25) is 0 Å². The summed E-state index contributed by atoms with van der Waals surface area (Å²) in [7, 11) is 1.77. The van der Waals surface area contributed by atoms with Gasteiger partial charge in [-0.25, -0.2) is 9.97 Å². The zero-order chi connectivity index (χ0) is 23.1. The van der Waals surface area contributed by atoms with Crippen molar-refractivity contribution in [3.63, 3.8) is 0 Å². The fourth-order valence-electron chi connectivity index (χ4n) is 4.56. The molecule has 0 amide bonds. The van der Waals surface area contributed by atoms with Crippen LogP contribution in [0.2, 0.25) is 0 Å². The van der Waals surface area contributed by atoms with Crippen molar-refractivity contribution in [2.24, 2.45) is 7.05 Å². The van der Waals surface area contributed by atoms with Gasteiger partial charge in [-0.15, -0.1) is 0 Å². The van der Waals surface area contributed by atoms with E-state index >= 15 is 0 Å². The number of nitrogens with zero attached hydrogens (tertiary/aromatic N) is 6. The predicted molar refractivity (Wildman–Crippen MR) is 129 cm³/mol. The van der Waals surface area contributed by atoms with E-state index < -0.39 is 0 Å². The lowest BCUT2D eigenvalue weighted by molar-refractivity contribution is 0.0985. The van der Waals surface area contributed by atoms with Crippen LogP contribution in [-0.2, 0) is 11.8 Å². The number of imidazole rings is 1. The molecular formula is C25H28N6O2. The first kappa shape index (κ1) is 21.3. The molecule has 0 radical (unpaired) electrons. The van der Waals surface area contributed by atoms with Gasteiger partial charge in [0.05, 0.1) is 42.7 Å². The molecule has 5 rings (SSSR count). The first-order valence-electron chi connectivity index (χ1n) is 11.2. The molecule has 170 valence electrons. The van der Waals surface area contributed by atoms with Crippen molar-refractivity contribution in [1.29, 1.82) is 0 Å². The molecule has 33 heavy (non-hydrogen) atoms. The summed E-state index contributed by atoms with van der Waals surface area (Å²) in [5.41, 5.74) is 4.29. The quantitative estimate of drug-likeness (QED) is 0.481. The molecule has 2 atom stereocenters. The summed E-state index contributed by atoms with van der Waals surface area (Å²) in [5, 5.41) is 0. The van der Waals surface area contributed by atoms with E-state index in [2.05, 4.69) is 34.4 Å². The lowest BCUT2D eigenvalue weighted by Crippen LogP contribution is -2.44. The van der Waals surface area contributed by atoms with Crippen LogP contribution >= 0.6 is 0 Å². The fourth-order valence-corrected chi connectivity index (χ4v) is 4.56. The molecule has 8 heteroatoms. The van der Waals surface area contributed by atoms with E-state index in [4.69, 9.17) is 14.7 Å². The molecular weight excluding hydrogens is 416 g/mol. The largest absolute Gasteiger partial charge is 0.377 e.